The van der Waals surface area contributed by atoms with Crippen LogP contribution in [0.2, 0.25) is 0 Å². The number of amides is 2. The summed E-state index contributed by atoms with van der Waals surface area (Å²) in [5.74, 6) is 0.175. The van der Waals surface area contributed by atoms with Crippen molar-refractivity contribution in [1.29, 1.82) is 0 Å². The summed E-state index contributed by atoms with van der Waals surface area (Å²) in [7, 11) is 0. The number of carbonyl (C=O) groups is 2. The summed E-state index contributed by atoms with van der Waals surface area (Å²) in [5, 5.41) is 1.63. The maximum atomic E-state index is 12.5. The highest BCUT2D eigenvalue weighted by atomic mass is 32.2. The number of aromatic nitrogens is 1. The summed E-state index contributed by atoms with van der Waals surface area (Å²) < 4.78 is 5.50. The van der Waals surface area contributed by atoms with E-state index < -0.39 is 0 Å². The number of imide groups is 1. The number of aryl methyl sites for hydroxylation is 1. The van der Waals surface area contributed by atoms with Crippen LogP contribution < -0.4 is 0 Å². The molecule has 2 aromatic heterocycles. The molecule has 0 saturated carbocycles. The van der Waals surface area contributed by atoms with E-state index in [0.29, 0.717) is 16.5 Å². The van der Waals surface area contributed by atoms with Gasteiger partial charge in [0, 0.05) is 10.4 Å². The van der Waals surface area contributed by atoms with Crippen molar-refractivity contribution >= 4 is 40.3 Å². The van der Waals surface area contributed by atoms with Crippen LogP contribution in [0.15, 0.2) is 57.4 Å². The number of nitrogens with zero attached hydrogens (tertiary/aromatic N) is 2. The summed E-state index contributed by atoms with van der Waals surface area (Å²) in [5.41, 5.74) is 2.55. The molecule has 0 radical (unpaired) electrons. The van der Waals surface area contributed by atoms with E-state index in [1.165, 1.54) is 22.5 Å². The minimum atomic E-state index is -0.298. The molecule has 1 saturated heterocycles. The minimum absolute atomic E-state index is 0.0990. The molecule has 0 bridgehead atoms. The summed E-state index contributed by atoms with van der Waals surface area (Å²) in [6.07, 6.45) is 3.23. The van der Waals surface area contributed by atoms with E-state index in [1.54, 1.807) is 6.08 Å². The fourth-order valence-electron chi connectivity index (χ4n) is 2.51. The van der Waals surface area contributed by atoms with Crippen LogP contribution in [0, 0.1) is 6.92 Å². The number of carbonyl (C=O) groups excluding carboxylic acids is 2. The Morgan fingerprint density at radius 1 is 1.19 bits per heavy atom. The lowest BCUT2D eigenvalue weighted by atomic mass is 10.1. The zero-order valence-electron chi connectivity index (χ0n) is 13.8. The van der Waals surface area contributed by atoms with Gasteiger partial charge in [-0.15, -0.1) is 11.3 Å². The van der Waals surface area contributed by atoms with E-state index in [1.807, 2.05) is 48.7 Å². The molecular weight excluding hydrogens is 368 g/mol. The lowest BCUT2D eigenvalue weighted by molar-refractivity contribution is -0.123. The first-order chi connectivity index (χ1) is 12.6. The van der Waals surface area contributed by atoms with Gasteiger partial charge in [0.1, 0.15) is 6.26 Å². The normalized spacial score (nSPS) is 16.0. The Bertz CT molecular complexity index is 988. The molecule has 0 N–H and O–H groups in total. The molecule has 1 aliphatic rings. The van der Waals surface area contributed by atoms with E-state index in [-0.39, 0.29) is 17.7 Å². The summed E-state index contributed by atoms with van der Waals surface area (Å²) in [6, 6.07) is 11.6. The molecular formula is C19H14N2O3S2. The van der Waals surface area contributed by atoms with Gasteiger partial charge in [0.15, 0.2) is 0 Å². The summed E-state index contributed by atoms with van der Waals surface area (Å²) >= 11 is 2.47. The Labute approximate surface area is 158 Å². The minimum Gasteiger partial charge on any atom is -0.444 e. The zero-order valence-corrected chi connectivity index (χ0v) is 15.5. The fraction of sp³-hybridized carbons (Fsp3) is 0.105. The van der Waals surface area contributed by atoms with Gasteiger partial charge in [-0.05, 0) is 48.3 Å². The predicted molar refractivity (Wildman–Crippen MR) is 103 cm³/mol. The van der Waals surface area contributed by atoms with Crippen molar-refractivity contribution in [2.45, 2.75) is 13.5 Å². The van der Waals surface area contributed by atoms with Gasteiger partial charge in [0.25, 0.3) is 11.1 Å². The summed E-state index contributed by atoms with van der Waals surface area (Å²) in [6.45, 7) is 2.11. The molecule has 1 aliphatic heterocycles. The van der Waals surface area contributed by atoms with Crippen molar-refractivity contribution in [3.63, 3.8) is 0 Å². The Kier molecular flexibility index (Phi) is 4.48. The smallest absolute Gasteiger partial charge is 0.293 e. The molecule has 1 fully saturated rings. The second-order valence-electron chi connectivity index (χ2n) is 5.79. The number of thiophene rings is 1. The van der Waals surface area contributed by atoms with Gasteiger partial charge in [-0.2, -0.15) is 0 Å². The average Bonchev–Trinajstić information content (AvgIpc) is 3.35. The molecule has 26 heavy (non-hydrogen) atoms. The first-order valence-corrected chi connectivity index (χ1v) is 9.60. The molecule has 130 valence electrons. The highest BCUT2D eigenvalue weighted by molar-refractivity contribution is 8.18. The van der Waals surface area contributed by atoms with Crippen LogP contribution in [-0.4, -0.2) is 21.0 Å². The van der Waals surface area contributed by atoms with Crippen LogP contribution in [0.3, 0.4) is 0 Å². The Balaban J connectivity index is 1.51. The highest BCUT2D eigenvalue weighted by Crippen LogP contribution is 2.34. The van der Waals surface area contributed by atoms with Crippen molar-refractivity contribution in [3.05, 3.63) is 69.1 Å². The van der Waals surface area contributed by atoms with E-state index in [0.717, 1.165) is 27.8 Å². The van der Waals surface area contributed by atoms with Gasteiger partial charge in [-0.25, -0.2) is 4.98 Å². The lowest BCUT2D eigenvalue weighted by Gasteiger charge is -2.09. The van der Waals surface area contributed by atoms with Crippen LogP contribution >= 0.6 is 23.1 Å². The third kappa shape index (κ3) is 3.36. The zero-order chi connectivity index (χ0) is 18.1. The maximum absolute atomic E-state index is 12.5. The van der Waals surface area contributed by atoms with Crippen molar-refractivity contribution < 1.29 is 14.0 Å². The van der Waals surface area contributed by atoms with E-state index in [9.17, 15) is 9.59 Å². The van der Waals surface area contributed by atoms with Gasteiger partial charge >= 0.3 is 0 Å². The first kappa shape index (κ1) is 16.8. The SMILES string of the molecule is Cc1ccc(-c2nc(CN3C(=O)S/C(=C\c4cccs4)C3=O)co2)cc1. The number of rotatable bonds is 4. The number of hydrogen-bond donors (Lipinski definition) is 0. The summed E-state index contributed by atoms with van der Waals surface area (Å²) in [4.78, 5) is 31.7. The molecule has 3 aromatic rings. The third-order valence-corrected chi connectivity index (χ3v) is 5.59. The molecule has 1 aromatic carbocycles. The molecule has 5 nitrogen and oxygen atoms in total. The van der Waals surface area contributed by atoms with E-state index in [4.69, 9.17) is 4.42 Å². The molecule has 7 heteroatoms. The Hall–Kier alpha value is -2.64. The Morgan fingerprint density at radius 2 is 2.00 bits per heavy atom. The number of oxazole rings is 1. The maximum Gasteiger partial charge on any atom is 0.293 e. The van der Waals surface area contributed by atoms with Crippen molar-refractivity contribution in [2.24, 2.45) is 0 Å². The van der Waals surface area contributed by atoms with Crippen LogP contribution in [0.4, 0.5) is 4.79 Å². The standard InChI is InChI=1S/C19H14N2O3S2/c1-12-4-6-13(7-5-12)17-20-14(11-24-17)10-21-18(22)16(26-19(21)23)9-15-3-2-8-25-15/h2-9,11H,10H2,1H3/b16-9-. The molecule has 0 spiro atoms. The number of hydrogen-bond acceptors (Lipinski definition) is 6. The van der Waals surface area contributed by atoms with Gasteiger partial charge < -0.3 is 4.42 Å². The number of thioether (sulfide) groups is 1. The molecule has 0 unspecified atom stereocenters. The molecule has 4 rings (SSSR count). The topological polar surface area (TPSA) is 63.4 Å². The Morgan fingerprint density at radius 3 is 2.73 bits per heavy atom. The molecule has 0 aliphatic carbocycles. The molecule has 0 atom stereocenters. The second kappa shape index (κ2) is 6.93. The highest BCUT2D eigenvalue weighted by Gasteiger charge is 2.35. The largest absolute Gasteiger partial charge is 0.444 e. The number of benzene rings is 1. The second-order valence-corrected chi connectivity index (χ2v) is 7.77. The van der Waals surface area contributed by atoms with Crippen LogP contribution in [0.25, 0.3) is 17.5 Å². The fourth-order valence-corrected chi connectivity index (χ4v) is 4.07. The molecule has 2 amide bonds. The van der Waals surface area contributed by atoms with Crippen LogP contribution in [-0.2, 0) is 11.3 Å². The monoisotopic (exact) mass is 382 g/mol. The first-order valence-electron chi connectivity index (χ1n) is 7.90. The van der Waals surface area contributed by atoms with Gasteiger partial charge in [-0.3, -0.25) is 14.5 Å². The van der Waals surface area contributed by atoms with Crippen molar-refractivity contribution in [1.82, 2.24) is 9.88 Å². The van der Waals surface area contributed by atoms with Gasteiger partial charge in [0.2, 0.25) is 5.89 Å². The van der Waals surface area contributed by atoms with Crippen LogP contribution in [0.1, 0.15) is 16.1 Å². The molecule has 3 heterocycles. The predicted octanol–water partition coefficient (Wildman–Crippen LogP) is 4.95. The third-order valence-electron chi connectivity index (χ3n) is 3.86. The van der Waals surface area contributed by atoms with E-state index >= 15 is 0 Å². The van der Waals surface area contributed by atoms with Crippen LogP contribution in [0.5, 0.6) is 0 Å². The van der Waals surface area contributed by atoms with Gasteiger partial charge in [0.05, 0.1) is 17.1 Å². The van der Waals surface area contributed by atoms with E-state index in [2.05, 4.69) is 4.98 Å². The quantitative estimate of drug-likeness (QED) is 0.598. The lowest BCUT2D eigenvalue weighted by Crippen LogP contribution is -2.27. The van der Waals surface area contributed by atoms with Crippen molar-refractivity contribution in [3.8, 4) is 11.5 Å². The van der Waals surface area contributed by atoms with Gasteiger partial charge in [-0.1, -0.05) is 23.8 Å². The average molecular weight is 382 g/mol. The van der Waals surface area contributed by atoms with Crippen molar-refractivity contribution in [2.75, 3.05) is 0 Å².